The maximum Gasteiger partial charge on any atom is 0.321 e. The molecule has 1 amide bonds. The fourth-order valence-corrected chi connectivity index (χ4v) is 2.79. The number of ether oxygens (including phenoxy) is 2. The van der Waals surface area contributed by atoms with E-state index in [1.54, 1.807) is 24.3 Å². The Morgan fingerprint density at radius 1 is 1.31 bits per heavy atom. The summed E-state index contributed by atoms with van der Waals surface area (Å²) in [5.74, 6) is -0.875. The Hall–Kier alpha value is -2.16. The molecular weight excluding hydrogens is 338 g/mol. The highest BCUT2D eigenvalue weighted by molar-refractivity contribution is 5.95. The summed E-state index contributed by atoms with van der Waals surface area (Å²) in [5, 5.41) is 15.0. The van der Waals surface area contributed by atoms with Crippen LogP contribution in [0.5, 0.6) is 5.75 Å². The molecule has 1 saturated heterocycles. The summed E-state index contributed by atoms with van der Waals surface area (Å²) in [6.45, 7) is 4.72. The summed E-state index contributed by atoms with van der Waals surface area (Å²) in [5.41, 5.74) is 0.524. The minimum Gasteiger partial charge on any atom is -0.495 e. The van der Waals surface area contributed by atoms with Crippen LogP contribution in [-0.4, -0.2) is 74.4 Å². The van der Waals surface area contributed by atoms with Crippen LogP contribution in [0.1, 0.15) is 12.8 Å². The van der Waals surface area contributed by atoms with Crippen molar-refractivity contribution >= 4 is 17.6 Å². The van der Waals surface area contributed by atoms with Gasteiger partial charge in [-0.3, -0.25) is 14.5 Å². The first kappa shape index (κ1) is 20.2. The van der Waals surface area contributed by atoms with Crippen LogP contribution >= 0.6 is 0 Å². The van der Waals surface area contributed by atoms with Crippen LogP contribution in [0.25, 0.3) is 0 Å². The number of morpholine rings is 1. The van der Waals surface area contributed by atoms with Gasteiger partial charge in [-0.25, -0.2) is 0 Å². The van der Waals surface area contributed by atoms with Gasteiger partial charge in [0.05, 0.1) is 32.4 Å². The van der Waals surface area contributed by atoms with Crippen LogP contribution in [-0.2, 0) is 14.3 Å². The van der Waals surface area contributed by atoms with Crippen molar-refractivity contribution in [2.45, 2.75) is 18.9 Å². The molecule has 8 nitrogen and oxygen atoms in total. The smallest absolute Gasteiger partial charge is 0.321 e. The van der Waals surface area contributed by atoms with Gasteiger partial charge in [0.15, 0.2) is 0 Å². The van der Waals surface area contributed by atoms with E-state index in [9.17, 15) is 14.7 Å². The molecule has 1 fully saturated rings. The molecule has 1 aromatic rings. The molecule has 1 heterocycles. The third-order valence-corrected chi connectivity index (χ3v) is 4.21. The third kappa shape index (κ3) is 6.62. The third-order valence-electron chi connectivity index (χ3n) is 4.21. The van der Waals surface area contributed by atoms with Crippen molar-refractivity contribution in [3.63, 3.8) is 0 Å². The Labute approximate surface area is 153 Å². The van der Waals surface area contributed by atoms with Gasteiger partial charge in [-0.1, -0.05) is 12.1 Å². The number of nitrogens with zero attached hydrogens (tertiary/aromatic N) is 1. The predicted molar refractivity (Wildman–Crippen MR) is 97.5 cm³/mol. The van der Waals surface area contributed by atoms with Crippen molar-refractivity contribution in [1.82, 2.24) is 10.2 Å². The molecule has 8 heteroatoms. The fraction of sp³-hybridized carbons (Fsp3) is 0.556. The predicted octanol–water partition coefficient (Wildman–Crippen LogP) is 0.789. The highest BCUT2D eigenvalue weighted by Crippen LogP contribution is 2.23. The molecule has 2 rings (SSSR count). The molecule has 1 aromatic carbocycles. The molecule has 26 heavy (non-hydrogen) atoms. The van der Waals surface area contributed by atoms with E-state index < -0.39 is 12.0 Å². The Balaban J connectivity index is 1.75. The van der Waals surface area contributed by atoms with E-state index in [0.717, 1.165) is 39.3 Å². The van der Waals surface area contributed by atoms with Gasteiger partial charge in [0, 0.05) is 13.1 Å². The quantitative estimate of drug-likeness (QED) is 0.527. The van der Waals surface area contributed by atoms with Crippen LogP contribution in [0.15, 0.2) is 24.3 Å². The lowest BCUT2D eigenvalue weighted by Crippen LogP contribution is -2.42. The molecule has 1 atom stereocenters. The maximum absolute atomic E-state index is 12.2. The highest BCUT2D eigenvalue weighted by Gasteiger charge is 2.21. The zero-order valence-corrected chi connectivity index (χ0v) is 15.1. The Morgan fingerprint density at radius 2 is 2.04 bits per heavy atom. The summed E-state index contributed by atoms with van der Waals surface area (Å²) in [6.07, 6.45) is 0.669. The molecule has 0 spiro atoms. The van der Waals surface area contributed by atoms with Crippen molar-refractivity contribution in [3.05, 3.63) is 24.3 Å². The molecule has 1 aliphatic heterocycles. The number of hydrogen-bond acceptors (Lipinski definition) is 6. The number of aliphatic carboxylic acids is 1. The molecule has 1 aliphatic rings. The van der Waals surface area contributed by atoms with Crippen LogP contribution < -0.4 is 15.4 Å². The number of amides is 1. The summed E-state index contributed by atoms with van der Waals surface area (Å²) >= 11 is 0. The van der Waals surface area contributed by atoms with E-state index in [2.05, 4.69) is 15.5 Å². The lowest BCUT2D eigenvalue weighted by molar-refractivity contribution is -0.141. The van der Waals surface area contributed by atoms with Crippen molar-refractivity contribution in [2.75, 3.05) is 51.8 Å². The average Bonchev–Trinajstić information content (AvgIpc) is 2.65. The van der Waals surface area contributed by atoms with E-state index in [0.29, 0.717) is 18.0 Å². The second kappa shape index (κ2) is 10.7. The van der Waals surface area contributed by atoms with Gasteiger partial charge in [-0.15, -0.1) is 0 Å². The second-order valence-corrected chi connectivity index (χ2v) is 6.11. The second-order valence-electron chi connectivity index (χ2n) is 6.11. The Kier molecular flexibility index (Phi) is 8.33. The average molecular weight is 365 g/mol. The first-order chi connectivity index (χ1) is 12.6. The van der Waals surface area contributed by atoms with E-state index in [1.807, 2.05) is 0 Å². The van der Waals surface area contributed by atoms with E-state index in [4.69, 9.17) is 9.47 Å². The molecule has 0 radical (unpaired) electrons. The monoisotopic (exact) mass is 365 g/mol. The van der Waals surface area contributed by atoms with Gasteiger partial charge in [-0.2, -0.15) is 0 Å². The van der Waals surface area contributed by atoms with E-state index in [1.165, 1.54) is 7.11 Å². The number of hydrogen-bond donors (Lipinski definition) is 3. The van der Waals surface area contributed by atoms with Crippen molar-refractivity contribution in [1.29, 1.82) is 0 Å². The first-order valence-electron chi connectivity index (χ1n) is 8.79. The van der Waals surface area contributed by atoms with E-state index >= 15 is 0 Å². The topological polar surface area (TPSA) is 100 Å². The van der Waals surface area contributed by atoms with Crippen LogP contribution in [0, 0.1) is 0 Å². The van der Waals surface area contributed by atoms with Gasteiger partial charge in [0.2, 0.25) is 5.91 Å². The maximum atomic E-state index is 12.2. The molecule has 0 aliphatic carbocycles. The number of methoxy groups -OCH3 is 1. The minimum absolute atomic E-state index is 0.148. The lowest BCUT2D eigenvalue weighted by Gasteiger charge is -2.26. The Morgan fingerprint density at radius 3 is 2.73 bits per heavy atom. The summed E-state index contributed by atoms with van der Waals surface area (Å²) in [7, 11) is 1.51. The molecule has 0 aromatic heterocycles. The van der Waals surface area contributed by atoms with Crippen LogP contribution in [0.4, 0.5) is 5.69 Å². The number of anilines is 1. The molecular formula is C18H27N3O5. The molecule has 0 bridgehead atoms. The van der Waals surface area contributed by atoms with Crippen molar-refractivity contribution in [2.24, 2.45) is 0 Å². The summed E-state index contributed by atoms with van der Waals surface area (Å²) < 4.78 is 10.5. The zero-order chi connectivity index (χ0) is 18.8. The van der Waals surface area contributed by atoms with Gasteiger partial charge in [0.1, 0.15) is 11.8 Å². The number of nitrogens with one attached hydrogen (secondary N) is 2. The summed E-state index contributed by atoms with van der Waals surface area (Å²) in [4.78, 5) is 25.9. The van der Waals surface area contributed by atoms with Gasteiger partial charge in [-0.05, 0) is 31.6 Å². The summed E-state index contributed by atoms with van der Waals surface area (Å²) in [6, 6.07) is 6.09. The normalized spacial score (nSPS) is 16.0. The number of carboxylic acid groups (broad SMARTS) is 1. The SMILES string of the molecule is COc1ccccc1NC(=O)C[C@@H](NCCCN1CCOCC1)C(=O)O. The van der Waals surface area contributed by atoms with Crippen LogP contribution in [0.2, 0.25) is 0 Å². The number of carbonyl (C=O) groups is 2. The number of benzene rings is 1. The highest BCUT2D eigenvalue weighted by atomic mass is 16.5. The van der Waals surface area contributed by atoms with Crippen molar-refractivity contribution in [3.8, 4) is 5.75 Å². The van der Waals surface area contributed by atoms with Gasteiger partial charge in [0.25, 0.3) is 0 Å². The standard InChI is InChI=1S/C18H27N3O5/c1-25-16-6-3-2-5-14(16)20-17(22)13-15(18(23)24)19-7-4-8-21-9-11-26-12-10-21/h2-3,5-6,15,19H,4,7-13H2,1H3,(H,20,22)(H,23,24)/t15-/m1/s1. The minimum atomic E-state index is -1.04. The number of para-hydroxylation sites is 2. The van der Waals surface area contributed by atoms with E-state index in [-0.39, 0.29) is 12.3 Å². The number of carboxylic acids is 1. The van der Waals surface area contributed by atoms with Gasteiger partial charge >= 0.3 is 5.97 Å². The number of carbonyl (C=O) groups excluding carboxylic acids is 1. The lowest BCUT2D eigenvalue weighted by atomic mass is 10.2. The molecule has 3 N–H and O–H groups in total. The van der Waals surface area contributed by atoms with Gasteiger partial charge < -0.3 is 25.2 Å². The van der Waals surface area contributed by atoms with Crippen LogP contribution in [0.3, 0.4) is 0 Å². The Bertz CT molecular complexity index is 590. The molecule has 0 saturated carbocycles. The molecule has 0 unspecified atom stereocenters. The molecule has 144 valence electrons. The zero-order valence-electron chi connectivity index (χ0n) is 15.1. The first-order valence-corrected chi connectivity index (χ1v) is 8.79. The number of rotatable bonds is 10. The fourth-order valence-electron chi connectivity index (χ4n) is 2.79. The largest absolute Gasteiger partial charge is 0.495 e. The van der Waals surface area contributed by atoms with Crippen molar-refractivity contribution < 1.29 is 24.2 Å².